The van der Waals surface area contributed by atoms with Crippen LogP contribution >= 0.6 is 0 Å². The average molecular weight is 320 g/mol. The third-order valence-electron chi connectivity index (χ3n) is 3.30. The van der Waals surface area contributed by atoms with E-state index in [2.05, 4.69) is 15.1 Å². The molecule has 118 valence electrons. The highest BCUT2D eigenvalue weighted by atomic mass is 19.3. The van der Waals surface area contributed by atoms with Crippen molar-refractivity contribution in [2.24, 2.45) is 0 Å². The highest BCUT2D eigenvalue weighted by molar-refractivity contribution is 5.62. The summed E-state index contributed by atoms with van der Waals surface area (Å²) in [5.41, 5.74) is 5.98. The van der Waals surface area contributed by atoms with Crippen molar-refractivity contribution < 1.29 is 17.7 Å². The van der Waals surface area contributed by atoms with Crippen LogP contribution in [-0.2, 0) is 0 Å². The normalized spacial score (nSPS) is 11.2. The molecule has 0 saturated heterocycles. The average Bonchev–Trinajstić information content (AvgIpc) is 2.99. The lowest BCUT2D eigenvalue weighted by molar-refractivity contribution is 0.146. The largest absolute Gasteiger partial charge is 0.383 e. The predicted molar refractivity (Wildman–Crippen MR) is 77.0 cm³/mol. The number of anilines is 1. The van der Waals surface area contributed by atoms with Crippen LogP contribution in [0.25, 0.3) is 22.8 Å². The quantitative estimate of drug-likeness (QED) is 0.795. The molecule has 0 amide bonds. The SMILES string of the molecule is Cc1cc(-c2noc(-c3cccc(C(F)F)c3F)n2)cnc1N. The molecule has 3 aromatic rings. The lowest BCUT2D eigenvalue weighted by Gasteiger charge is -2.03. The van der Waals surface area contributed by atoms with E-state index in [1.165, 1.54) is 18.3 Å². The summed E-state index contributed by atoms with van der Waals surface area (Å²) < 4.78 is 44.6. The van der Waals surface area contributed by atoms with Gasteiger partial charge in [-0.1, -0.05) is 17.3 Å². The van der Waals surface area contributed by atoms with Crippen molar-refractivity contribution in [1.82, 2.24) is 15.1 Å². The van der Waals surface area contributed by atoms with E-state index in [9.17, 15) is 13.2 Å². The van der Waals surface area contributed by atoms with Gasteiger partial charge in [-0.05, 0) is 24.6 Å². The molecule has 2 aromatic heterocycles. The number of aryl methyl sites for hydroxylation is 1. The second-order valence-corrected chi connectivity index (χ2v) is 4.86. The van der Waals surface area contributed by atoms with Gasteiger partial charge in [-0.3, -0.25) is 0 Å². The Morgan fingerprint density at radius 1 is 1.26 bits per heavy atom. The molecule has 2 heterocycles. The van der Waals surface area contributed by atoms with Crippen molar-refractivity contribution in [1.29, 1.82) is 0 Å². The Hall–Kier alpha value is -2.90. The predicted octanol–water partition coefficient (Wildman–Crippen LogP) is 3.77. The van der Waals surface area contributed by atoms with Crippen LogP contribution in [-0.4, -0.2) is 15.1 Å². The highest BCUT2D eigenvalue weighted by Crippen LogP contribution is 2.30. The molecule has 0 aliphatic heterocycles. The molecule has 0 fully saturated rings. The Kier molecular flexibility index (Phi) is 3.73. The van der Waals surface area contributed by atoms with Crippen molar-refractivity contribution in [3.63, 3.8) is 0 Å². The molecule has 0 aliphatic carbocycles. The fourth-order valence-electron chi connectivity index (χ4n) is 2.04. The van der Waals surface area contributed by atoms with Gasteiger partial charge in [0.15, 0.2) is 0 Å². The number of pyridine rings is 1. The first-order valence-corrected chi connectivity index (χ1v) is 6.60. The minimum atomic E-state index is -2.93. The maximum Gasteiger partial charge on any atom is 0.266 e. The van der Waals surface area contributed by atoms with Gasteiger partial charge in [-0.25, -0.2) is 18.2 Å². The van der Waals surface area contributed by atoms with Crippen molar-refractivity contribution in [3.8, 4) is 22.8 Å². The van der Waals surface area contributed by atoms with E-state index >= 15 is 0 Å². The molecule has 0 atom stereocenters. The van der Waals surface area contributed by atoms with Crippen LogP contribution in [0.4, 0.5) is 19.0 Å². The Balaban J connectivity index is 2.02. The summed E-state index contributed by atoms with van der Waals surface area (Å²) in [6.07, 6.45) is -1.48. The van der Waals surface area contributed by atoms with Gasteiger partial charge in [0.05, 0.1) is 11.1 Å². The molecule has 0 spiro atoms. The summed E-state index contributed by atoms with van der Waals surface area (Å²) in [6, 6.07) is 5.31. The Bertz CT molecular complexity index is 864. The fraction of sp³-hybridized carbons (Fsp3) is 0.133. The summed E-state index contributed by atoms with van der Waals surface area (Å²) in [7, 11) is 0. The van der Waals surface area contributed by atoms with Crippen molar-refractivity contribution in [3.05, 3.63) is 47.4 Å². The highest BCUT2D eigenvalue weighted by Gasteiger charge is 2.21. The maximum absolute atomic E-state index is 14.1. The zero-order valence-electron chi connectivity index (χ0n) is 11.9. The number of rotatable bonds is 3. The number of nitrogen functional groups attached to an aromatic ring is 1. The van der Waals surface area contributed by atoms with Gasteiger partial charge < -0.3 is 10.3 Å². The van der Waals surface area contributed by atoms with E-state index < -0.39 is 17.8 Å². The molecule has 0 unspecified atom stereocenters. The van der Waals surface area contributed by atoms with Gasteiger partial charge in [0, 0.05) is 11.8 Å². The van der Waals surface area contributed by atoms with Crippen LogP contribution in [0.3, 0.4) is 0 Å². The molecule has 3 rings (SSSR count). The smallest absolute Gasteiger partial charge is 0.266 e. The lowest BCUT2D eigenvalue weighted by atomic mass is 10.1. The van der Waals surface area contributed by atoms with E-state index in [1.807, 2.05) is 0 Å². The van der Waals surface area contributed by atoms with E-state index in [4.69, 9.17) is 10.3 Å². The van der Waals surface area contributed by atoms with Gasteiger partial charge in [0.25, 0.3) is 12.3 Å². The van der Waals surface area contributed by atoms with E-state index in [-0.39, 0.29) is 17.3 Å². The van der Waals surface area contributed by atoms with Crippen LogP contribution < -0.4 is 5.73 Å². The second kappa shape index (κ2) is 5.71. The van der Waals surface area contributed by atoms with Crippen LogP contribution in [0.15, 0.2) is 35.0 Å². The third kappa shape index (κ3) is 2.75. The maximum atomic E-state index is 14.1. The van der Waals surface area contributed by atoms with Gasteiger partial charge in [0.1, 0.15) is 11.6 Å². The Labute approximate surface area is 129 Å². The lowest BCUT2D eigenvalue weighted by Crippen LogP contribution is -1.95. The Morgan fingerprint density at radius 2 is 2.04 bits per heavy atom. The topological polar surface area (TPSA) is 77.8 Å². The summed E-state index contributed by atoms with van der Waals surface area (Å²) in [6.45, 7) is 1.76. The molecule has 1 aromatic carbocycles. The standard InChI is InChI=1S/C15H11F3N4O/c1-7-5-8(6-20-13(7)19)14-21-15(23-22-14)10-4-2-3-9(11(10)16)12(17)18/h2-6,12H,1H3,(H2,19,20). The number of halogens is 3. The molecule has 23 heavy (non-hydrogen) atoms. The molecule has 0 aliphatic rings. The minimum Gasteiger partial charge on any atom is -0.383 e. The van der Waals surface area contributed by atoms with Crippen molar-refractivity contribution in [2.75, 3.05) is 5.73 Å². The number of alkyl halides is 2. The first-order valence-electron chi connectivity index (χ1n) is 6.60. The number of hydrogen-bond acceptors (Lipinski definition) is 5. The van der Waals surface area contributed by atoms with E-state index in [0.717, 1.165) is 11.6 Å². The molecule has 0 bridgehead atoms. The van der Waals surface area contributed by atoms with Crippen LogP contribution in [0.1, 0.15) is 17.6 Å². The molecule has 2 N–H and O–H groups in total. The fourth-order valence-corrected chi connectivity index (χ4v) is 2.04. The first kappa shape index (κ1) is 15.0. The third-order valence-corrected chi connectivity index (χ3v) is 3.30. The van der Waals surface area contributed by atoms with E-state index in [1.54, 1.807) is 13.0 Å². The van der Waals surface area contributed by atoms with Crippen molar-refractivity contribution in [2.45, 2.75) is 13.3 Å². The molecule has 5 nitrogen and oxygen atoms in total. The van der Waals surface area contributed by atoms with E-state index in [0.29, 0.717) is 11.4 Å². The number of nitrogens with two attached hydrogens (primary N) is 1. The summed E-state index contributed by atoms with van der Waals surface area (Å²) in [5, 5.41) is 3.73. The molecule has 0 saturated carbocycles. The van der Waals surface area contributed by atoms with Crippen LogP contribution in [0.2, 0.25) is 0 Å². The number of aromatic nitrogens is 3. The van der Waals surface area contributed by atoms with Gasteiger partial charge >= 0.3 is 0 Å². The first-order chi connectivity index (χ1) is 11.0. The van der Waals surface area contributed by atoms with Crippen LogP contribution in [0, 0.1) is 12.7 Å². The second-order valence-electron chi connectivity index (χ2n) is 4.86. The van der Waals surface area contributed by atoms with Crippen LogP contribution in [0.5, 0.6) is 0 Å². The minimum absolute atomic E-state index is 0.164. The van der Waals surface area contributed by atoms with Gasteiger partial charge in [0.2, 0.25) is 5.82 Å². The zero-order chi connectivity index (χ0) is 16.6. The summed E-state index contributed by atoms with van der Waals surface area (Å²) >= 11 is 0. The number of nitrogens with zero attached hydrogens (tertiary/aromatic N) is 3. The molecular formula is C15H11F3N4O. The van der Waals surface area contributed by atoms with Gasteiger partial charge in [-0.2, -0.15) is 4.98 Å². The Morgan fingerprint density at radius 3 is 2.74 bits per heavy atom. The number of benzene rings is 1. The molecule has 0 radical (unpaired) electrons. The van der Waals surface area contributed by atoms with Gasteiger partial charge in [-0.15, -0.1) is 0 Å². The molecular weight excluding hydrogens is 309 g/mol. The zero-order valence-corrected chi connectivity index (χ0v) is 11.9. The monoisotopic (exact) mass is 320 g/mol. The molecule has 8 heteroatoms. The van der Waals surface area contributed by atoms with Crippen molar-refractivity contribution >= 4 is 5.82 Å². The summed E-state index contributed by atoms with van der Waals surface area (Å²) in [4.78, 5) is 8.01. The number of hydrogen-bond donors (Lipinski definition) is 1. The summed E-state index contributed by atoms with van der Waals surface area (Å²) in [5.74, 6) is -0.732.